The number of rotatable bonds is 3. The highest BCUT2D eigenvalue weighted by Gasteiger charge is 2.50. The van der Waals surface area contributed by atoms with Crippen molar-refractivity contribution in [2.75, 3.05) is 14.2 Å². The monoisotopic (exact) mass is 246 g/mol. The van der Waals surface area contributed by atoms with Gasteiger partial charge in [0.2, 0.25) is 0 Å². The van der Waals surface area contributed by atoms with Crippen molar-refractivity contribution in [3.8, 4) is 0 Å². The molecule has 1 aromatic carbocycles. The van der Waals surface area contributed by atoms with Gasteiger partial charge in [-0.05, 0) is 5.56 Å². The normalized spacial score (nSPS) is 30.4. The second-order valence-electron chi connectivity index (χ2n) is 4.54. The van der Waals surface area contributed by atoms with Gasteiger partial charge in [0.05, 0.1) is 7.11 Å². The van der Waals surface area contributed by atoms with Gasteiger partial charge in [-0.15, -0.1) is 0 Å². The van der Waals surface area contributed by atoms with Gasteiger partial charge >= 0.3 is 5.97 Å². The lowest BCUT2D eigenvalue weighted by molar-refractivity contribution is -0.157. The van der Waals surface area contributed by atoms with Crippen molar-refractivity contribution in [1.82, 2.24) is 0 Å². The molecule has 1 aliphatic rings. The van der Waals surface area contributed by atoms with Gasteiger partial charge in [0.1, 0.15) is 11.5 Å². The molecule has 3 nitrogen and oxygen atoms in total. The molecule has 1 aliphatic carbocycles. The van der Waals surface area contributed by atoms with E-state index < -0.39 is 11.5 Å². The van der Waals surface area contributed by atoms with Crippen LogP contribution in [-0.4, -0.2) is 20.2 Å². The SMILES string of the molecule is COC(=O)[C@H]1C=C[C@H](C)[C@]1(OC)c1ccccc1. The average Bonchev–Trinajstić information content (AvgIpc) is 2.76. The molecular formula is C15H18O3. The molecule has 0 N–H and O–H groups in total. The zero-order valence-corrected chi connectivity index (χ0v) is 10.9. The van der Waals surface area contributed by atoms with Crippen LogP contribution in [0.2, 0.25) is 0 Å². The number of methoxy groups -OCH3 is 2. The van der Waals surface area contributed by atoms with E-state index in [4.69, 9.17) is 9.47 Å². The van der Waals surface area contributed by atoms with Crippen molar-refractivity contribution >= 4 is 5.97 Å². The number of hydrogen-bond donors (Lipinski definition) is 0. The van der Waals surface area contributed by atoms with Crippen LogP contribution in [0.15, 0.2) is 42.5 Å². The minimum atomic E-state index is -0.658. The molecule has 0 saturated heterocycles. The van der Waals surface area contributed by atoms with Crippen molar-refractivity contribution in [2.24, 2.45) is 11.8 Å². The van der Waals surface area contributed by atoms with Gasteiger partial charge < -0.3 is 9.47 Å². The molecule has 1 aromatic rings. The minimum absolute atomic E-state index is 0.119. The summed E-state index contributed by atoms with van der Waals surface area (Å²) in [6, 6.07) is 9.84. The van der Waals surface area contributed by atoms with E-state index in [1.165, 1.54) is 7.11 Å². The summed E-state index contributed by atoms with van der Waals surface area (Å²) in [7, 11) is 3.05. The van der Waals surface area contributed by atoms with Crippen molar-refractivity contribution < 1.29 is 14.3 Å². The summed E-state index contributed by atoms with van der Waals surface area (Å²) in [6.45, 7) is 2.05. The van der Waals surface area contributed by atoms with Gasteiger partial charge in [-0.1, -0.05) is 49.4 Å². The Hall–Kier alpha value is -1.61. The molecule has 18 heavy (non-hydrogen) atoms. The van der Waals surface area contributed by atoms with E-state index in [1.807, 2.05) is 42.5 Å². The average molecular weight is 246 g/mol. The van der Waals surface area contributed by atoms with Gasteiger partial charge in [0.15, 0.2) is 0 Å². The third-order valence-electron chi connectivity index (χ3n) is 3.75. The molecule has 0 saturated carbocycles. The van der Waals surface area contributed by atoms with E-state index in [2.05, 4.69) is 6.92 Å². The Morgan fingerprint density at radius 3 is 2.39 bits per heavy atom. The smallest absolute Gasteiger partial charge is 0.315 e. The Morgan fingerprint density at radius 1 is 1.17 bits per heavy atom. The maximum Gasteiger partial charge on any atom is 0.315 e. The summed E-state index contributed by atoms with van der Waals surface area (Å²) < 4.78 is 10.7. The van der Waals surface area contributed by atoms with Gasteiger partial charge in [0.25, 0.3) is 0 Å². The number of carbonyl (C=O) groups is 1. The van der Waals surface area contributed by atoms with Crippen molar-refractivity contribution in [2.45, 2.75) is 12.5 Å². The summed E-state index contributed by atoms with van der Waals surface area (Å²) in [6.07, 6.45) is 3.89. The molecule has 3 atom stereocenters. The summed E-state index contributed by atoms with van der Waals surface area (Å²) in [4.78, 5) is 12.0. The lowest BCUT2D eigenvalue weighted by Gasteiger charge is -2.37. The van der Waals surface area contributed by atoms with Crippen molar-refractivity contribution in [3.63, 3.8) is 0 Å². The zero-order chi connectivity index (χ0) is 13.2. The number of ether oxygens (including phenoxy) is 2. The summed E-state index contributed by atoms with van der Waals surface area (Å²) in [5, 5.41) is 0. The first-order valence-corrected chi connectivity index (χ1v) is 6.03. The van der Waals surface area contributed by atoms with Crippen molar-refractivity contribution in [3.05, 3.63) is 48.0 Å². The Balaban J connectivity index is 2.50. The number of hydrogen-bond acceptors (Lipinski definition) is 3. The van der Waals surface area contributed by atoms with Gasteiger partial charge in [-0.25, -0.2) is 0 Å². The van der Waals surface area contributed by atoms with Crippen LogP contribution in [0.25, 0.3) is 0 Å². The lowest BCUT2D eigenvalue weighted by Crippen LogP contribution is -2.42. The van der Waals surface area contributed by atoms with Gasteiger partial charge in [0, 0.05) is 13.0 Å². The van der Waals surface area contributed by atoms with Crippen LogP contribution < -0.4 is 0 Å². The van der Waals surface area contributed by atoms with Crippen LogP contribution in [-0.2, 0) is 19.9 Å². The lowest BCUT2D eigenvalue weighted by atomic mass is 9.77. The third-order valence-corrected chi connectivity index (χ3v) is 3.75. The largest absolute Gasteiger partial charge is 0.468 e. The Bertz CT molecular complexity index is 452. The zero-order valence-electron chi connectivity index (χ0n) is 10.9. The topological polar surface area (TPSA) is 35.5 Å². The fraction of sp³-hybridized carbons (Fsp3) is 0.400. The van der Waals surface area contributed by atoms with E-state index in [0.717, 1.165) is 5.56 Å². The van der Waals surface area contributed by atoms with E-state index in [9.17, 15) is 4.79 Å². The second kappa shape index (κ2) is 4.94. The predicted molar refractivity (Wildman–Crippen MR) is 68.9 cm³/mol. The quantitative estimate of drug-likeness (QED) is 0.607. The molecule has 3 heteroatoms. The number of esters is 1. The van der Waals surface area contributed by atoms with Crippen molar-refractivity contribution in [1.29, 1.82) is 0 Å². The summed E-state index contributed by atoms with van der Waals surface area (Å²) in [5.74, 6) is -0.541. The maximum atomic E-state index is 12.0. The molecule has 0 heterocycles. The van der Waals surface area contributed by atoms with E-state index in [1.54, 1.807) is 7.11 Å². The van der Waals surface area contributed by atoms with Gasteiger partial charge in [-0.3, -0.25) is 4.79 Å². The predicted octanol–water partition coefficient (Wildman–Crippen LogP) is 2.52. The fourth-order valence-electron chi connectivity index (χ4n) is 2.80. The molecule has 0 bridgehead atoms. The van der Waals surface area contributed by atoms with Crippen LogP contribution in [0.5, 0.6) is 0 Å². The Labute approximate surface area is 107 Å². The molecule has 0 aromatic heterocycles. The molecule has 2 rings (SSSR count). The molecule has 0 radical (unpaired) electrons. The summed E-state index contributed by atoms with van der Waals surface area (Å²) in [5.41, 5.74) is 0.342. The highest BCUT2D eigenvalue weighted by atomic mass is 16.5. The maximum absolute atomic E-state index is 12.0. The van der Waals surface area contributed by atoms with E-state index in [-0.39, 0.29) is 11.9 Å². The Morgan fingerprint density at radius 2 is 1.83 bits per heavy atom. The highest BCUT2D eigenvalue weighted by Crippen LogP contribution is 2.46. The van der Waals surface area contributed by atoms with Crippen LogP contribution >= 0.6 is 0 Å². The molecule has 0 unspecified atom stereocenters. The van der Waals surface area contributed by atoms with Crippen LogP contribution in [0.3, 0.4) is 0 Å². The first kappa shape index (κ1) is 12.8. The third kappa shape index (κ3) is 1.75. The molecule has 0 spiro atoms. The first-order valence-electron chi connectivity index (χ1n) is 6.03. The van der Waals surface area contributed by atoms with Crippen LogP contribution in [0.1, 0.15) is 12.5 Å². The summed E-state index contributed by atoms with van der Waals surface area (Å²) >= 11 is 0. The molecule has 0 amide bonds. The van der Waals surface area contributed by atoms with Gasteiger partial charge in [-0.2, -0.15) is 0 Å². The van der Waals surface area contributed by atoms with E-state index >= 15 is 0 Å². The van der Waals surface area contributed by atoms with Crippen LogP contribution in [0, 0.1) is 11.8 Å². The number of carbonyl (C=O) groups excluding carboxylic acids is 1. The highest BCUT2D eigenvalue weighted by molar-refractivity contribution is 5.77. The minimum Gasteiger partial charge on any atom is -0.468 e. The fourth-order valence-corrected chi connectivity index (χ4v) is 2.80. The molecule has 0 fully saturated rings. The second-order valence-corrected chi connectivity index (χ2v) is 4.54. The first-order chi connectivity index (χ1) is 8.66. The molecule has 0 aliphatic heterocycles. The Kier molecular flexibility index (Phi) is 3.53. The van der Waals surface area contributed by atoms with E-state index in [0.29, 0.717) is 0 Å². The molecule has 96 valence electrons. The number of benzene rings is 1. The standard InChI is InChI=1S/C15H18O3/c1-11-9-10-13(14(16)17-2)15(11,18-3)12-7-5-4-6-8-12/h4-11,13H,1-3H3/t11-,13+,15-/m0/s1. The molecular weight excluding hydrogens is 228 g/mol. The van der Waals surface area contributed by atoms with Crippen LogP contribution in [0.4, 0.5) is 0 Å².